The van der Waals surface area contributed by atoms with E-state index in [4.69, 9.17) is 9.47 Å². The number of hydrogen-bond acceptors (Lipinski definition) is 3. The van der Waals surface area contributed by atoms with Crippen molar-refractivity contribution >= 4 is 17.7 Å². The van der Waals surface area contributed by atoms with E-state index < -0.39 is 0 Å². The van der Waals surface area contributed by atoms with Gasteiger partial charge in [0.15, 0.2) is 0 Å². The van der Waals surface area contributed by atoms with Gasteiger partial charge in [0.05, 0.1) is 13.2 Å². The van der Waals surface area contributed by atoms with Gasteiger partial charge in [0.2, 0.25) is 5.91 Å². The summed E-state index contributed by atoms with van der Waals surface area (Å²) in [6.07, 6.45) is 7.64. The molecule has 0 unspecified atom stereocenters. The number of amides is 1. The number of hydrogen-bond donors (Lipinski definition) is 1. The fourth-order valence-electron chi connectivity index (χ4n) is 2.49. The van der Waals surface area contributed by atoms with Crippen LogP contribution in [0.5, 0.6) is 11.5 Å². The molecule has 1 N–H and O–H groups in total. The average Bonchev–Trinajstić information content (AvgIpc) is 2.70. The Morgan fingerprint density at radius 2 is 1.70 bits per heavy atom. The number of benzene rings is 2. The zero-order chi connectivity index (χ0) is 19.3. The van der Waals surface area contributed by atoms with Crippen LogP contribution in [0, 0.1) is 0 Å². The summed E-state index contributed by atoms with van der Waals surface area (Å²) in [5.74, 6) is 1.42. The first-order valence-corrected chi connectivity index (χ1v) is 9.66. The van der Waals surface area contributed by atoms with Gasteiger partial charge in [-0.05, 0) is 49.2 Å². The summed E-state index contributed by atoms with van der Waals surface area (Å²) < 4.78 is 11.4. The molecule has 1 amide bonds. The normalized spacial score (nSPS) is 10.7. The summed E-state index contributed by atoms with van der Waals surface area (Å²) in [5.41, 5.74) is 1.62. The lowest BCUT2D eigenvalue weighted by atomic mass is 10.2. The third kappa shape index (κ3) is 7.57. The highest BCUT2D eigenvalue weighted by Crippen LogP contribution is 2.20. The van der Waals surface area contributed by atoms with E-state index in [1.54, 1.807) is 6.08 Å². The maximum Gasteiger partial charge on any atom is 0.248 e. The van der Waals surface area contributed by atoms with Gasteiger partial charge in [-0.1, -0.05) is 44.9 Å². The highest BCUT2D eigenvalue weighted by atomic mass is 16.5. The van der Waals surface area contributed by atoms with Gasteiger partial charge < -0.3 is 14.8 Å². The second-order valence-electron chi connectivity index (χ2n) is 6.29. The number of unbranched alkanes of at least 4 members (excludes halogenated alkanes) is 2. The number of ether oxygens (including phenoxy) is 2. The van der Waals surface area contributed by atoms with Crippen molar-refractivity contribution in [2.45, 2.75) is 39.5 Å². The van der Waals surface area contributed by atoms with Crippen molar-refractivity contribution in [3.8, 4) is 11.5 Å². The summed E-state index contributed by atoms with van der Waals surface area (Å²) in [6, 6.07) is 15.1. The molecule has 4 nitrogen and oxygen atoms in total. The number of anilines is 1. The van der Waals surface area contributed by atoms with Gasteiger partial charge in [0, 0.05) is 17.3 Å². The minimum atomic E-state index is -0.183. The van der Waals surface area contributed by atoms with Crippen LogP contribution in [0.15, 0.2) is 54.6 Å². The molecule has 0 heterocycles. The summed E-state index contributed by atoms with van der Waals surface area (Å²) in [5, 5.41) is 2.86. The Labute approximate surface area is 162 Å². The standard InChI is InChI=1S/C23H29NO3/c1-3-5-8-18-26-21-14-12-20(13-15-21)24-23(25)16-11-19-9-6-7-10-22(19)27-17-4-2/h6-7,9-16H,3-5,8,17-18H2,1-2H3,(H,24,25)/b16-11+. The number of para-hydroxylation sites is 1. The minimum Gasteiger partial charge on any atom is -0.494 e. The maximum absolute atomic E-state index is 12.2. The van der Waals surface area contributed by atoms with Crippen molar-refractivity contribution in [3.05, 3.63) is 60.2 Å². The van der Waals surface area contributed by atoms with E-state index in [9.17, 15) is 4.79 Å². The van der Waals surface area contributed by atoms with Gasteiger partial charge in [-0.3, -0.25) is 4.79 Å². The van der Waals surface area contributed by atoms with Gasteiger partial charge in [-0.15, -0.1) is 0 Å². The van der Waals surface area contributed by atoms with Gasteiger partial charge in [-0.2, -0.15) is 0 Å². The number of nitrogens with one attached hydrogen (secondary N) is 1. The molecule has 0 bridgehead atoms. The Balaban J connectivity index is 1.87. The van der Waals surface area contributed by atoms with Crippen LogP contribution in [0.3, 0.4) is 0 Å². The van der Waals surface area contributed by atoms with Gasteiger partial charge in [0.25, 0.3) is 0 Å². The average molecular weight is 367 g/mol. The molecule has 2 aromatic rings. The third-order valence-corrected chi connectivity index (χ3v) is 3.93. The smallest absolute Gasteiger partial charge is 0.248 e. The molecule has 144 valence electrons. The van der Waals surface area contributed by atoms with Crippen molar-refractivity contribution in [2.24, 2.45) is 0 Å². The fraction of sp³-hybridized carbons (Fsp3) is 0.348. The summed E-state index contributed by atoms with van der Waals surface area (Å²) in [7, 11) is 0. The monoisotopic (exact) mass is 367 g/mol. The van der Waals surface area contributed by atoms with Crippen LogP contribution in [0.25, 0.3) is 6.08 Å². The predicted molar refractivity (Wildman–Crippen MR) is 111 cm³/mol. The van der Waals surface area contributed by atoms with Crippen molar-refractivity contribution in [1.82, 2.24) is 0 Å². The zero-order valence-electron chi connectivity index (χ0n) is 16.2. The lowest BCUT2D eigenvalue weighted by Gasteiger charge is -2.08. The van der Waals surface area contributed by atoms with E-state index in [0.29, 0.717) is 6.61 Å². The van der Waals surface area contributed by atoms with Crippen LogP contribution in [0.1, 0.15) is 45.1 Å². The SMILES string of the molecule is CCCCCOc1ccc(NC(=O)/C=C/c2ccccc2OCCC)cc1. The van der Waals surface area contributed by atoms with Gasteiger partial charge in [0.1, 0.15) is 11.5 Å². The molecule has 2 rings (SSSR count). The van der Waals surface area contributed by atoms with Crippen LogP contribution in [0.4, 0.5) is 5.69 Å². The number of rotatable bonds is 11. The van der Waals surface area contributed by atoms with Crippen molar-refractivity contribution in [2.75, 3.05) is 18.5 Å². The van der Waals surface area contributed by atoms with Crippen LogP contribution in [0.2, 0.25) is 0 Å². The molecule has 0 saturated heterocycles. The summed E-state index contributed by atoms with van der Waals surface area (Å²) in [6.45, 7) is 5.61. The molecule has 0 radical (unpaired) electrons. The van der Waals surface area contributed by atoms with Crippen LogP contribution < -0.4 is 14.8 Å². The van der Waals surface area contributed by atoms with Crippen molar-refractivity contribution in [1.29, 1.82) is 0 Å². The van der Waals surface area contributed by atoms with E-state index >= 15 is 0 Å². The van der Waals surface area contributed by atoms with Crippen molar-refractivity contribution < 1.29 is 14.3 Å². The first-order chi connectivity index (χ1) is 13.2. The summed E-state index contributed by atoms with van der Waals surface area (Å²) in [4.78, 5) is 12.2. The topological polar surface area (TPSA) is 47.6 Å². The van der Waals surface area contributed by atoms with E-state index in [1.807, 2.05) is 48.5 Å². The molecular formula is C23H29NO3. The molecule has 0 aromatic heterocycles. The minimum absolute atomic E-state index is 0.183. The molecule has 27 heavy (non-hydrogen) atoms. The zero-order valence-corrected chi connectivity index (χ0v) is 16.2. The first-order valence-electron chi connectivity index (χ1n) is 9.66. The Morgan fingerprint density at radius 1 is 0.926 bits per heavy atom. The van der Waals surface area contributed by atoms with Crippen LogP contribution in [-0.4, -0.2) is 19.1 Å². The van der Waals surface area contributed by atoms with E-state index in [2.05, 4.69) is 19.2 Å². The largest absolute Gasteiger partial charge is 0.494 e. The Bertz CT molecular complexity index is 723. The molecule has 0 spiro atoms. The summed E-state index contributed by atoms with van der Waals surface area (Å²) >= 11 is 0. The molecule has 2 aromatic carbocycles. The molecule has 0 aliphatic heterocycles. The quantitative estimate of drug-likeness (QED) is 0.409. The second kappa shape index (κ2) is 11.8. The first kappa shape index (κ1) is 20.6. The van der Waals surface area contributed by atoms with E-state index in [1.165, 1.54) is 18.9 Å². The maximum atomic E-state index is 12.2. The highest BCUT2D eigenvalue weighted by molar-refractivity contribution is 6.02. The lowest BCUT2D eigenvalue weighted by molar-refractivity contribution is -0.111. The van der Waals surface area contributed by atoms with Gasteiger partial charge >= 0.3 is 0 Å². The van der Waals surface area contributed by atoms with E-state index in [-0.39, 0.29) is 5.91 Å². The van der Waals surface area contributed by atoms with Crippen LogP contribution >= 0.6 is 0 Å². The predicted octanol–water partition coefficient (Wildman–Crippen LogP) is 5.70. The molecular weight excluding hydrogens is 338 g/mol. The lowest BCUT2D eigenvalue weighted by Crippen LogP contribution is -2.07. The number of carbonyl (C=O) groups is 1. The third-order valence-electron chi connectivity index (χ3n) is 3.93. The van der Waals surface area contributed by atoms with Gasteiger partial charge in [-0.25, -0.2) is 0 Å². The second-order valence-corrected chi connectivity index (χ2v) is 6.29. The van der Waals surface area contributed by atoms with Crippen molar-refractivity contribution in [3.63, 3.8) is 0 Å². The van der Waals surface area contributed by atoms with E-state index in [0.717, 1.165) is 42.2 Å². The highest BCUT2D eigenvalue weighted by Gasteiger charge is 2.02. The molecule has 0 aliphatic rings. The molecule has 4 heteroatoms. The molecule has 0 saturated carbocycles. The molecule has 0 fully saturated rings. The molecule has 0 aliphatic carbocycles. The number of carbonyl (C=O) groups excluding carboxylic acids is 1. The molecule has 0 atom stereocenters. The Morgan fingerprint density at radius 3 is 2.44 bits per heavy atom. The Hall–Kier alpha value is -2.75. The van der Waals surface area contributed by atoms with Crippen LogP contribution in [-0.2, 0) is 4.79 Å². The fourth-order valence-corrected chi connectivity index (χ4v) is 2.49. The Kier molecular flexibility index (Phi) is 8.98.